The van der Waals surface area contributed by atoms with Crippen LogP contribution in [0.3, 0.4) is 0 Å². The summed E-state index contributed by atoms with van der Waals surface area (Å²) in [4.78, 5) is 0.978. The molecule has 1 aromatic carbocycles. The number of hydrogen-bond donors (Lipinski definition) is 1. The Balaban J connectivity index is 2.46. The van der Waals surface area contributed by atoms with Crippen molar-refractivity contribution in [3.63, 3.8) is 0 Å². The molecule has 2 unspecified atom stereocenters. The lowest BCUT2D eigenvalue weighted by Gasteiger charge is -2.13. The van der Waals surface area contributed by atoms with Crippen molar-refractivity contribution in [2.45, 2.75) is 23.8 Å². The molecule has 3 heteroatoms. The third kappa shape index (κ3) is 1.46. The van der Waals surface area contributed by atoms with E-state index in [2.05, 4.69) is 0 Å². The van der Waals surface area contributed by atoms with Gasteiger partial charge >= 0.3 is 0 Å². The van der Waals surface area contributed by atoms with Crippen LogP contribution in [-0.4, -0.2) is 17.0 Å². The number of fused-ring (bicyclic) bond motifs is 1. The number of thioether (sulfide) groups is 1. The van der Waals surface area contributed by atoms with Crippen molar-refractivity contribution < 1.29 is 9.50 Å². The van der Waals surface area contributed by atoms with Gasteiger partial charge in [0.05, 0.1) is 6.10 Å². The van der Waals surface area contributed by atoms with Crippen molar-refractivity contribution in [3.8, 4) is 0 Å². The lowest BCUT2D eigenvalue weighted by atomic mass is 9.96. The van der Waals surface area contributed by atoms with Gasteiger partial charge in [0, 0.05) is 22.1 Å². The van der Waals surface area contributed by atoms with Gasteiger partial charge in [-0.1, -0.05) is 6.07 Å². The molecule has 1 nitrogen and oxygen atoms in total. The quantitative estimate of drug-likeness (QED) is 0.747. The molecule has 0 aromatic heterocycles. The van der Waals surface area contributed by atoms with Gasteiger partial charge in [-0.05, 0) is 19.1 Å². The van der Waals surface area contributed by atoms with Crippen molar-refractivity contribution in [2.75, 3.05) is 5.75 Å². The Bertz CT molecular complexity index is 325. The third-order valence-corrected chi connectivity index (χ3v) is 3.58. The van der Waals surface area contributed by atoms with Gasteiger partial charge in [0.2, 0.25) is 0 Å². The first-order valence-electron chi connectivity index (χ1n) is 4.29. The highest BCUT2D eigenvalue weighted by molar-refractivity contribution is 7.99. The second kappa shape index (κ2) is 3.31. The standard InChI is InChI=1S/C10H11FOS/c1-6(12)7-5-13-9-4-2-3-8(11)10(7)9/h2-4,6-7,12H,5H2,1H3. The maximum absolute atomic E-state index is 13.4. The molecular weight excluding hydrogens is 187 g/mol. The predicted molar refractivity (Wildman–Crippen MR) is 51.5 cm³/mol. The van der Waals surface area contributed by atoms with Crippen LogP contribution in [0.15, 0.2) is 23.1 Å². The van der Waals surface area contributed by atoms with Gasteiger partial charge in [-0.25, -0.2) is 4.39 Å². The second-order valence-electron chi connectivity index (χ2n) is 3.31. The Morgan fingerprint density at radius 1 is 1.62 bits per heavy atom. The molecule has 0 saturated heterocycles. The predicted octanol–water partition coefficient (Wildman–Crippen LogP) is 2.40. The maximum atomic E-state index is 13.4. The summed E-state index contributed by atoms with van der Waals surface area (Å²) in [7, 11) is 0. The van der Waals surface area contributed by atoms with Crippen molar-refractivity contribution in [3.05, 3.63) is 29.6 Å². The lowest BCUT2D eigenvalue weighted by molar-refractivity contribution is 0.169. The van der Waals surface area contributed by atoms with Crippen LogP contribution in [0.5, 0.6) is 0 Å². The fourth-order valence-electron chi connectivity index (χ4n) is 1.65. The molecule has 0 spiro atoms. The molecule has 70 valence electrons. The highest BCUT2D eigenvalue weighted by atomic mass is 32.2. The van der Waals surface area contributed by atoms with Crippen LogP contribution in [-0.2, 0) is 0 Å². The second-order valence-corrected chi connectivity index (χ2v) is 4.37. The van der Waals surface area contributed by atoms with Crippen LogP contribution in [0.2, 0.25) is 0 Å². The number of halogens is 1. The Hall–Kier alpha value is -0.540. The van der Waals surface area contributed by atoms with E-state index in [4.69, 9.17) is 0 Å². The molecule has 0 amide bonds. The van der Waals surface area contributed by atoms with Gasteiger partial charge in [0.1, 0.15) is 5.82 Å². The SMILES string of the molecule is CC(O)C1CSc2cccc(F)c21. The van der Waals surface area contributed by atoms with E-state index in [0.717, 1.165) is 10.6 Å². The van der Waals surface area contributed by atoms with E-state index in [-0.39, 0.29) is 11.7 Å². The summed E-state index contributed by atoms with van der Waals surface area (Å²) >= 11 is 1.62. The van der Waals surface area contributed by atoms with Gasteiger partial charge in [0.15, 0.2) is 0 Å². The molecule has 2 atom stereocenters. The van der Waals surface area contributed by atoms with Crippen molar-refractivity contribution >= 4 is 11.8 Å². The smallest absolute Gasteiger partial charge is 0.127 e. The van der Waals surface area contributed by atoms with E-state index >= 15 is 0 Å². The zero-order chi connectivity index (χ0) is 9.42. The van der Waals surface area contributed by atoms with Crippen LogP contribution in [0.4, 0.5) is 4.39 Å². The minimum Gasteiger partial charge on any atom is -0.393 e. The van der Waals surface area contributed by atoms with Crippen LogP contribution >= 0.6 is 11.8 Å². The zero-order valence-electron chi connectivity index (χ0n) is 7.33. The van der Waals surface area contributed by atoms with Crippen molar-refractivity contribution in [1.82, 2.24) is 0 Å². The molecule has 13 heavy (non-hydrogen) atoms. The molecule has 0 radical (unpaired) electrons. The summed E-state index contributed by atoms with van der Waals surface area (Å²) in [5.41, 5.74) is 0.697. The fourth-order valence-corrected chi connectivity index (χ4v) is 3.03. The number of hydrogen-bond acceptors (Lipinski definition) is 2. The van der Waals surface area contributed by atoms with Crippen LogP contribution in [0.1, 0.15) is 18.4 Å². The van der Waals surface area contributed by atoms with Crippen molar-refractivity contribution in [1.29, 1.82) is 0 Å². The average Bonchev–Trinajstić information content (AvgIpc) is 2.49. The summed E-state index contributed by atoms with van der Waals surface area (Å²) in [5, 5.41) is 9.44. The monoisotopic (exact) mass is 198 g/mol. The van der Waals surface area contributed by atoms with Gasteiger partial charge in [-0.3, -0.25) is 0 Å². The highest BCUT2D eigenvalue weighted by Gasteiger charge is 2.29. The average molecular weight is 198 g/mol. The summed E-state index contributed by atoms with van der Waals surface area (Å²) in [6, 6.07) is 5.08. The fraction of sp³-hybridized carbons (Fsp3) is 0.400. The molecule has 1 aliphatic heterocycles. The van der Waals surface area contributed by atoms with Crippen molar-refractivity contribution in [2.24, 2.45) is 0 Å². The molecule has 1 aliphatic rings. The molecule has 1 N–H and O–H groups in total. The van der Waals surface area contributed by atoms with E-state index in [1.807, 2.05) is 6.07 Å². The molecule has 1 aromatic rings. The highest BCUT2D eigenvalue weighted by Crippen LogP contribution is 2.42. The molecular formula is C10H11FOS. The number of benzene rings is 1. The van der Waals surface area contributed by atoms with Gasteiger partial charge in [0.25, 0.3) is 0 Å². The lowest BCUT2D eigenvalue weighted by Crippen LogP contribution is -2.15. The first kappa shape index (κ1) is 9.03. The van der Waals surface area contributed by atoms with Crippen LogP contribution in [0, 0.1) is 5.82 Å². The van der Waals surface area contributed by atoms with E-state index in [1.165, 1.54) is 6.07 Å². The normalized spacial score (nSPS) is 22.8. The van der Waals surface area contributed by atoms with Gasteiger partial charge < -0.3 is 5.11 Å². The Kier molecular flexibility index (Phi) is 2.30. The summed E-state index contributed by atoms with van der Waals surface area (Å²) in [5.74, 6) is 0.558. The number of aliphatic hydroxyl groups excluding tert-OH is 1. The first-order valence-corrected chi connectivity index (χ1v) is 5.28. The van der Waals surface area contributed by atoms with Crippen LogP contribution in [0.25, 0.3) is 0 Å². The van der Waals surface area contributed by atoms with E-state index in [0.29, 0.717) is 5.56 Å². The summed E-state index contributed by atoms with van der Waals surface area (Å²) in [6.45, 7) is 1.72. The maximum Gasteiger partial charge on any atom is 0.127 e. The molecule has 0 saturated carbocycles. The largest absolute Gasteiger partial charge is 0.393 e. The van der Waals surface area contributed by atoms with Gasteiger partial charge in [-0.2, -0.15) is 0 Å². The van der Waals surface area contributed by atoms with E-state index in [9.17, 15) is 9.50 Å². The number of rotatable bonds is 1. The van der Waals surface area contributed by atoms with E-state index in [1.54, 1.807) is 24.8 Å². The number of aliphatic hydroxyl groups is 1. The Morgan fingerprint density at radius 3 is 3.08 bits per heavy atom. The summed E-state index contributed by atoms with van der Waals surface area (Å²) in [6.07, 6.45) is -0.467. The Morgan fingerprint density at radius 2 is 2.38 bits per heavy atom. The molecule has 2 rings (SSSR count). The minimum atomic E-state index is -0.467. The Labute approximate surface area is 81.0 Å². The minimum absolute atomic E-state index is 0.0406. The molecule has 0 aliphatic carbocycles. The van der Waals surface area contributed by atoms with Gasteiger partial charge in [-0.15, -0.1) is 11.8 Å². The molecule has 1 heterocycles. The third-order valence-electron chi connectivity index (χ3n) is 2.38. The van der Waals surface area contributed by atoms with Crippen LogP contribution < -0.4 is 0 Å². The first-order chi connectivity index (χ1) is 6.20. The van der Waals surface area contributed by atoms with E-state index < -0.39 is 6.10 Å². The zero-order valence-corrected chi connectivity index (χ0v) is 8.14. The molecule has 0 fully saturated rings. The molecule has 0 bridgehead atoms. The topological polar surface area (TPSA) is 20.2 Å². The summed E-state index contributed by atoms with van der Waals surface area (Å²) < 4.78 is 13.4.